The number of benzene rings is 1. The molecule has 3 rings (SSSR count). The predicted octanol–water partition coefficient (Wildman–Crippen LogP) is 2.89. The van der Waals surface area contributed by atoms with Gasteiger partial charge in [0.25, 0.3) is 0 Å². The summed E-state index contributed by atoms with van der Waals surface area (Å²) in [7, 11) is 0. The molecule has 22 heavy (non-hydrogen) atoms. The SMILES string of the molecule is NCCCc1c[nH]c(=S)n1[C@H]1COc2c(F)cc(F)cc2C1. The molecule has 0 amide bonds. The highest BCUT2D eigenvalue weighted by Crippen LogP contribution is 2.33. The molecule has 0 saturated heterocycles. The normalized spacial score (nSPS) is 17.1. The predicted molar refractivity (Wildman–Crippen MR) is 81.6 cm³/mol. The van der Waals surface area contributed by atoms with Crippen molar-refractivity contribution >= 4 is 12.2 Å². The Labute approximate surface area is 131 Å². The van der Waals surface area contributed by atoms with Gasteiger partial charge in [0.15, 0.2) is 16.3 Å². The zero-order valence-electron chi connectivity index (χ0n) is 11.9. The van der Waals surface area contributed by atoms with Crippen LogP contribution in [0.2, 0.25) is 0 Å². The van der Waals surface area contributed by atoms with Crippen LogP contribution in [0.15, 0.2) is 18.3 Å². The van der Waals surface area contributed by atoms with E-state index in [1.165, 1.54) is 6.07 Å². The molecule has 1 aliphatic rings. The van der Waals surface area contributed by atoms with Gasteiger partial charge in [-0.25, -0.2) is 8.78 Å². The number of rotatable bonds is 4. The van der Waals surface area contributed by atoms with Crippen LogP contribution >= 0.6 is 12.2 Å². The number of ether oxygens (including phenoxy) is 1. The van der Waals surface area contributed by atoms with Crippen LogP contribution < -0.4 is 10.5 Å². The number of nitrogens with two attached hydrogens (primary N) is 1. The Morgan fingerprint density at radius 3 is 3.00 bits per heavy atom. The minimum absolute atomic E-state index is 0.0831. The van der Waals surface area contributed by atoms with E-state index >= 15 is 0 Å². The lowest BCUT2D eigenvalue weighted by atomic mass is 10.0. The molecule has 1 aromatic carbocycles. The molecule has 1 atom stereocenters. The Hall–Kier alpha value is -1.73. The van der Waals surface area contributed by atoms with Crippen molar-refractivity contribution in [1.29, 1.82) is 0 Å². The molecule has 2 aromatic rings. The molecule has 0 aliphatic carbocycles. The fourth-order valence-corrected chi connectivity index (χ4v) is 3.20. The molecule has 7 heteroatoms. The Balaban J connectivity index is 1.92. The molecule has 118 valence electrons. The number of aromatic amines is 1. The number of aromatic nitrogens is 2. The molecule has 0 saturated carbocycles. The summed E-state index contributed by atoms with van der Waals surface area (Å²) in [6.45, 7) is 0.899. The van der Waals surface area contributed by atoms with Gasteiger partial charge in [-0.15, -0.1) is 0 Å². The van der Waals surface area contributed by atoms with Gasteiger partial charge in [-0.3, -0.25) is 0 Å². The van der Waals surface area contributed by atoms with Crippen LogP contribution in [-0.2, 0) is 12.8 Å². The van der Waals surface area contributed by atoms with Crippen molar-refractivity contribution in [2.24, 2.45) is 5.73 Å². The van der Waals surface area contributed by atoms with Gasteiger partial charge in [0.2, 0.25) is 0 Å². The van der Waals surface area contributed by atoms with E-state index in [1.807, 2.05) is 10.8 Å². The van der Waals surface area contributed by atoms with Crippen LogP contribution in [0.4, 0.5) is 8.78 Å². The summed E-state index contributed by atoms with van der Waals surface area (Å²) in [6.07, 6.45) is 3.98. The molecular formula is C15H17F2N3OS. The topological polar surface area (TPSA) is 56.0 Å². The molecule has 4 nitrogen and oxygen atoms in total. The number of imidazole rings is 1. The average Bonchev–Trinajstić information content (AvgIpc) is 2.85. The molecule has 0 spiro atoms. The fraction of sp³-hybridized carbons (Fsp3) is 0.400. The van der Waals surface area contributed by atoms with Crippen LogP contribution in [0.25, 0.3) is 0 Å². The summed E-state index contributed by atoms with van der Waals surface area (Å²) in [5.41, 5.74) is 7.12. The largest absolute Gasteiger partial charge is 0.488 e. The minimum Gasteiger partial charge on any atom is -0.488 e. The number of fused-ring (bicyclic) bond motifs is 1. The van der Waals surface area contributed by atoms with E-state index in [-0.39, 0.29) is 11.8 Å². The van der Waals surface area contributed by atoms with Gasteiger partial charge in [-0.05, 0) is 37.7 Å². The first-order valence-corrected chi connectivity index (χ1v) is 7.60. The first-order chi connectivity index (χ1) is 10.6. The first kappa shape index (κ1) is 15.2. The molecule has 0 fully saturated rings. The summed E-state index contributed by atoms with van der Waals surface area (Å²) in [6, 6.07) is 2.08. The van der Waals surface area contributed by atoms with Gasteiger partial charge in [-0.1, -0.05) is 0 Å². The van der Waals surface area contributed by atoms with E-state index in [1.54, 1.807) is 0 Å². The van der Waals surface area contributed by atoms with Crippen LogP contribution in [-0.4, -0.2) is 22.7 Å². The Morgan fingerprint density at radius 2 is 2.23 bits per heavy atom. The maximum absolute atomic E-state index is 13.7. The van der Waals surface area contributed by atoms with Gasteiger partial charge < -0.3 is 20.0 Å². The molecule has 0 radical (unpaired) electrons. The van der Waals surface area contributed by atoms with Crippen LogP contribution in [0, 0.1) is 16.4 Å². The molecule has 3 N–H and O–H groups in total. The summed E-state index contributed by atoms with van der Waals surface area (Å²) < 4.78 is 35.2. The van der Waals surface area contributed by atoms with Crippen molar-refractivity contribution < 1.29 is 13.5 Å². The van der Waals surface area contributed by atoms with E-state index in [2.05, 4.69) is 4.98 Å². The molecule has 0 bridgehead atoms. The van der Waals surface area contributed by atoms with Crippen molar-refractivity contribution in [3.05, 3.63) is 46.0 Å². The average molecular weight is 325 g/mol. The monoisotopic (exact) mass is 325 g/mol. The highest BCUT2D eigenvalue weighted by atomic mass is 32.1. The van der Waals surface area contributed by atoms with Gasteiger partial charge in [0.05, 0.1) is 6.04 Å². The zero-order valence-corrected chi connectivity index (χ0v) is 12.8. The second-order valence-electron chi connectivity index (χ2n) is 5.39. The summed E-state index contributed by atoms with van der Waals surface area (Å²) in [5, 5.41) is 0. The number of H-pyrrole nitrogens is 1. The van der Waals surface area contributed by atoms with Crippen molar-refractivity contribution in [2.75, 3.05) is 13.2 Å². The lowest BCUT2D eigenvalue weighted by molar-refractivity contribution is 0.210. The van der Waals surface area contributed by atoms with E-state index in [0.29, 0.717) is 29.9 Å². The Kier molecular flexibility index (Phi) is 4.26. The number of nitrogens with one attached hydrogen (secondary N) is 1. The quantitative estimate of drug-likeness (QED) is 0.850. The van der Waals surface area contributed by atoms with E-state index < -0.39 is 11.6 Å². The summed E-state index contributed by atoms with van der Waals surface area (Å²) in [5.74, 6) is -1.11. The molecule has 1 aromatic heterocycles. The first-order valence-electron chi connectivity index (χ1n) is 7.19. The molecular weight excluding hydrogens is 308 g/mol. The zero-order chi connectivity index (χ0) is 15.7. The van der Waals surface area contributed by atoms with Crippen molar-refractivity contribution in [3.8, 4) is 5.75 Å². The standard InChI is InChI=1S/C15H17F2N3OS/c16-10-4-9-5-12(8-21-14(9)13(17)6-10)20-11(2-1-3-18)7-19-15(20)22/h4,6-7,12H,1-3,5,8,18H2,(H,19,22)/t12-/m1/s1. The van der Waals surface area contributed by atoms with E-state index in [9.17, 15) is 8.78 Å². The van der Waals surface area contributed by atoms with Crippen molar-refractivity contribution in [3.63, 3.8) is 0 Å². The molecule has 0 unspecified atom stereocenters. The third-order valence-corrected chi connectivity index (χ3v) is 4.17. The minimum atomic E-state index is -0.658. The number of halogens is 2. The van der Waals surface area contributed by atoms with Gasteiger partial charge in [0.1, 0.15) is 12.4 Å². The van der Waals surface area contributed by atoms with Crippen LogP contribution in [0.3, 0.4) is 0 Å². The second kappa shape index (κ2) is 6.18. The highest BCUT2D eigenvalue weighted by Gasteiger charge is 2.26. The third kappa shape index (κ3) is 2.78. The van der Waals surface area contributed by atoms with Gasteiger partial charge in [-0.2, -0.15) is 0 Å². The Bertz CT molecular complexity index is 741. The number of aryl methyl sites for hydroxylation is 1. The van der Waals surface area contributed by atoms with Gasteiger partial charge >= 0.3 is 0 Å². The van der Waals surface area contributed by atoms with E-state index in [0.717, 1.165) is 24.6 Å². The molecule has 2 heterocycles. The van der Waals surface area contributed by atoms with Crippen molar-refractivity contribution in [1.82, 2.24) is 9.55 Å². The summed E-state index contributed by atoms with van der Waals surface area (Å²) in [4.78, 5) is 3.02. The van der Waals surface area contributed by atoms with Gasteiger partial charge in [0, 0.05) is 29.9 Å². The number of hydrogen-bond donors (Lipinski definition) is 2. The van der Waals surface area contributed by atoms with Crippen LogP contribution in [0.5, 0.6) is 5.75 Å². The van der Waals surface area contributed by atoms with E-state index in [4.69, 9.17) is 22.7 Å². The maximum atomic E-state index is 13.7. The Morgan fingerprint density at radius 1 is 1.41 bits per heavy atom. The smallest absolute Gasteiger partial charge is 0.177 e. The number of hydrogen-bond acceptors (Lipinski definition) is 3. The second-order valence-corrected chi connectivity index (χ2v) is 5.78. The molecule has 1 aliphatic heterocycles. The maximum Gasteiger partial charge on any atom is 0.177 e. The summed E-state index contributed by atoms with van der Waals surface area (Å²) >= 11 is 5.33. The van der Waals surface area contributed by atoms with Crippen molar-refractivity contribution in [2.45, 2.75) is 25.3 Å². The third-order valence-electron chi connectivity index (χ3n) is 3.85. The lowest BCUT2D eigenvalue weighted by Crippen LogP contribution is -2.26. The number of nitrogens with zero attached hydrogens (tertiary/aromatic N) is 1. The van der Waals surface area contributed by atoms with Crippen LogP contribution in [0.1, 0.15) is 23.7 Å². The lowest BCUT2D eigenvalue weighted by Gasteiger charge is -2.28. The fourth-order valence-electron chi connectivity index (χ4n) is 2.88. The highest BCUT2D eigenvalue weighted by molar-refractivity contribution is 7.71.